The molecule has 0 aromatic heterocycles. The number of halogens is 1. The predicted molar refractivity (Wildman–Crippen MR) is 92.9 cm³/mol. The molecule has 7 heteroatoms. The van der Waals surface area contributed by atoms with Crippen LogP contribution < -0.4 is 5.32 Å². The van der Waals surface area contributed by atoms with Crippen LogP contribution in [0.1, 0.15) is 18.5 Å². The number of carbonyl (C=O) groups is 2. The smallest absolute Gasteiger partial charge is 0.254 e. The van der Waals surface area contributed by atoms with Crippen molar-refractivity contribution in [2.24, 2.45) is 0 Å². The number of carbonyl (C=O) groups excluding carboxylic acids is 2. The Hall–Kier alpha value is -1.63. The topological polar surface area (TPSA) is 61.9 Å². The highest BCUT2D eigenvalue weighted by atomic mass is 35.5. The van der Waals surface area contributed by atoms with Crippen LogP contribution in [0.2, 0.25) is 5.02 Å². The molecule has 1 aromatic carbocycles. The Balaban J connectivity index is 2.22. The summed E-state index contributed by atoms with van der Waals surface area (Å²) >= 11 is 6.25. The standard InChI is InChI=1S/C17H24ClN3O3/c1-4-21(10-9-20(2)3)17(23)16-15(19-14(22)11-24-16)12-7-5-6-8-13(12)18/h5-8,15-16H,4,9-11H2,1-3H3,(H,19,22)/t15-,16+/m1/s1. The summed E-state index contributed by atoms with van der Waals surface area (Å²) in [6, 6.07) is 6.60. The molecule has 0 spiro atoms. The Labute approximate surface area is 147 Å². The van der Waals surface area contributed by atoms with Gasteiger partial charge in [-0.15, -0.1) is 0 Å². The molecule has 1 N–H and O–H groups in total. The molecule has 0 saturated carbocycles. The van der Waals surface area contributed by atoms with Crippen LogP contribution in [-0.2, 0) is 14.3 Å². The summed E-state index contributed by atoms with van der Waals surface area (Å²) in [5.41, 5.74) is 0.689. The fourth-order valence-corrected chi connectivity index (χ4v) is 2.91. The van der Waals surface area contributed by atoms with Gasteiger partial charge in [0.15, 0.2) is 6.10 Å². The molecule has 1 saturated heterocycles. The Morgan fingerprint density at radius 1 is 1.33 bits per heavy atom. The SMILES string of the molecule is CCN(CCN(C)C)C(=O)[C@H]1OCC(=O)N[C@@H]1c1ccccc1Cl. The zero-order valence-corrected chi connectivity index (χ0v) is 15.0. The van der Waals surface area contributed by atoms with E-state index in [0.29, 0.717) is 23.7 Å². The third kappa shape index (κ3) is 4.47. The van der Waals surface area contributed by atoms with Crippen molar-refractivity contribution in [3.05, 3.63) is 34.9 Å². The number of amides is 2. The molecule has 2 rings (SSSR count). The van der Waals surface area contributed by atoms with Gasteiger partial charge in [-0.1, -0.05) is 29.8 Å². The number of ether oxygens (including phenoxy) is 1. The first-order chi connectivity index (χ1) is 11.4. The molecule has 6 nitrogen and oxygen atoms in total. The van der Waals surface area contributed by atoms with Gasteiger partial charge in [0, 0.05) is 24.7 Å². The summed E-state index contributed by atoms with van der Waals surface area (Å²) in [6.45, 7) is 3.75. The van der Waals surface area contributed by atoms with Gasteiger partial charge in [0.05, 0.1) is 6.04 Å². The van der Waals surface area contributed by atoms with Gasteiger partial charge in [-0.05, 0) is 32.6 Å². The van der Waals surface area contributed by atoms with E-state index in [-0.39, 0.29) is 18.4 Å². The van der Waals surface area contributed by atoms with E-state index in [4.69, 9.17) is 16.3 Å². The first-order valence-electron chi connectivity index (χ1n) is 8.03. The van der Waals surface area contributed by atoms with E-state index in [2.05, 4.69) is 5.32 Å². The Morgan fingerprint density at radius 3 is 2.67 bits per heavy atom. The van der Waals surface area contributed by atoms with Crippen LogP contribution >= 0.6 is 11.6 Å². The monoisotopic (exact) mass is 353 g/mol. The fourth-order valence-electron chi connectivity index (χ4n) is 2.66. The Kier molecular flexibility index (Phi) is 6.60. The molecule has 132 valence electrons. The van der Waals surface area contributed by atoms with Crippen molar-refractivity contribution in [1.29, 1.82) is 0 Å². The average molecular weight is 354 g/mol. The van der Waals surface area contributed by atoms with Crippen molar-refractivity contribution in [2.45, 2.75) is 19.1 Å². The lowest BCUT2D eigenvalue weighted by Crippen LogP contribution is -2.54. The molecule has 1 aliphatic heterocycles. The van der Waals surface area contributed by atoms with E-state index in [9.17, 15) is 9.59 Å². The number of benzene rings is 1. The van der Waals surface area contributed by atoms with Crippen LogP contribution in [0.25, 0.3) is 0 Å². The molecular formula is C17H24ClN3O3. The summed E-state index contributed by atoms with van der Waals surface area (Å²) in [5.74, 6) is -0.385. The van der Waals surface area contributed by atoms with Crippen molar-refractivity contribution in [1.82, 2.24) is 15.1 Å². The molecule has 0 unspecified atom stereocenters. The van der Waals surface area contributed by atoms with Crippen LogP contribution in [0, 0.1) is 0 Å². The number of morpholine rings is 1. The van der Waals surface area contributed by atoms with Gasteiger partial charge in [-0.25, -0.2) is 0 Å². The number of rotatable bonds is 6. The highest BCUT2D eigenvalue weighted by molar-refractivity contribution is 6.31. The molecule has 1 fully saturated rings. The molecule has 2 atom stereocenters. The fraction of sp³-hybridized carbons (Fsp3) is 0.529. The highest BCUT2D eigenvalue weighted by Gasteiger charge is 2.38. The van der Waals surface area contributed by atoms with Gasteiger partial charge in [0.25, 0.3) is 5.91 Å². The van der Waals surface area contributed by atoms with Crippen molar-refractivity contribution in [3.63, 3.8) is 0 Å². The first-order valence-corrected chi connectivity index (χ1v) is 8.40. The molecular weight excluding hydrogens is 330 g/mol. The minimum Gasteiger partial charge on any atom is -0.356 e. The van der Waals surface area contributed by atoms with Crippen LogP contribution in [0.5, 0.6) is 0 Å². The molecule has 0 bridgehead atoms. The van der Waals surface area contributed by atoms with Crippen LogP contribution in [0.15, 0.2) is 24.3 Å². The zero-order valence-electron chi connectivity index (χ0n) is 14.3. The summed E-state index contributed by atoms with van der Waals surface area (Å²) < 4.78 is 5.59. The van der Waals surface area contributed by atoms with Crippen molar-refractivity contribution >= 4 is 23.4 Å². The van der Waals surface area contributed by atoms with Crippen LogP contribution in [0.3, 0.4) is 0 Å². The highest BCUT2D eigenvalue weighted by Crippen LogP contribution is 2.29. The molecule has 1 aliphatic rings. The van der Waals surface area contributed by atoms with Crippen molar-refractivity contribution in [2.75, 3.05) is 40.3 Å². The summed E-state index contributed by atoms with van der Waals surface area (Å²) in [6.07, 6.45) is -0.773. The van der Waals surface area contributed by atoms with E-state index in [1.54, 1.807) is 17.0 Å². The summed E-state index contributed by atoms with van der Waals surface area (Å²) in [5, 5.41) is 3.34. The summed E-state index contributed by atoms with van der Waals surface area (Å²) in [4.78, 5) is 28.5. The number of hydrogen-bond donors (Lipinski definition) is 1. The predicted octanol–water partition coefficient (Wildman–Crippen LogP) is 1.31. The van der Waals surface area contributed by atoms with E-state index in [1.165, 1.54) is 0 Å². The first kappa shape index (κ1) is 18.7. The van der Waals surface area contributed by atoms with Gasteiger partial charge in [0.1, 0.15) is 6.61 Å². The Bertz CT molecular complexity index is 594. The molecule has 0 radical (unpaired) electrons. The molecule has 24 heavy (non-hydrogen) atoms. The van der Waals surface area contributed by atoms with E-state index in [1.807, 2.05) is 38.1 Å². The number of hydrogen-bond acceptors (Lipinski definition) is 4. The molecule has 1 aromatic rings. The number of nitrogens with one attached hydrogen (secondary N) is 1. The normalized spacial score (nSPS) is 20.8. The minimum atomic E-state index is -0.773. The van der Waals surface area contributed by atoms with Gasteiger partial charge in [-0.2, -0.15) is 0 Å². The maximum Gasteiger partial charge on any atom is 0.254 e. The maximum absolute atomic E-state index is 12.9. The van der Waals surface area contributed by atoms with Crippen molar-refractivity contribution < 1.29 is 14.3 Å². The lowest BCUT2D eigenvalue weighted by Gasteiger charge is -2.35. The van der Waals surface area contributed by atoms with Crippen LogP contribution in [0.4, 0.5) is 0 Å². The quantitative estimate of drug-likeness (QED) is 0.837. The van der Waals surface area contributed by atoms with E-state index >= 15 is 0 Å². The largest absolute Gasteiger partial charge is 0.356 e. The van der Waals surface area contributed by atoms with Gasteiger partial charge < -0.3 is 19.9 Å². The van der Waals surface area contributed by atoms with E-state index in [0.717, 1.165) is 6.54 Å². The zero-order chi connectivity index (χ0) is 17.7. The Morgan fingerprint density at radius 2 is 2.04 bits per heavy atom. The molecule has 0 aliphatic carbocycles. The molecule has 1 heterocycles. The lowest BCUT2D eigenvalue weighted by atomic mass is 9.98. The third-order valence-electron chi connectivity index (χ3n) is 4.01. The van der Waals surface area contributed by atoms with Crippen LogP contribution in [-0.4, -0.2) is 68.1 Å². The summed E-state index contributed by atoms with van der Waals surface area (Å²) in [7, 11) is 3.92. The van der Waals surface area contributed by atoms with Gasteiger partial charge >= 0.3 is 0 Å². The minimum absolute atomic E-state index is 0.122. The van der Waals surface area contributed by atoms with E-state index < -0.39 is 12.1 Å². The number of likely N-dealkylation sites (N-methyl/N-ethyl adjacent to an activating group) is 2. The molecule has 2 amide bonds. The average Bonchev–Trinajstić information content (AvgIpc) is 2.55. The maximum atomic E-state index is 12.9. The van der Waals surface area contributed by atoms with Gasteiger partial charge in [0.2, 0.25) is 5.91 Å². The number of nitrogens with zero attached hydrogens (tertiary/aromatic N) is 2. The third-order valence-corrected chi connectivity index (χ3v) is 4.35. The van der Waals surface area contributed by atoms with Crippen molar-refractivity contribution in [3.8, 4) is 0 Å². The second kappa shape index (κ2) is 8.46. The lowest BCUT2D eigenvalue weighted by molar-refractivity contribution is -0.155. The second-order valence-corrected chi connectivity index (χ2v) is 6.43. The second-order valence-electron chi connectivity index (χ2n) is 6.02. The van der Waals surface area contributed by atoms with Gasteiger partial charge in [-0.3, -0.25) is 9.59 Å².